The minimum atomic E-state index is -1.23. The molecule has 1 unspecified atom stereocenters. The lowest BCUT2D eigenvalue weighted by atomic mass is 9.74. The number of hydrogen-bond acceptors (Lipinski definition) is 5. The number of rotatable bonds is 3. The second-order valence-corrected chi connectivity index (χ2v) is 4.35. The standard InChI is InChI=1S/C11H15NO5/c1-2-5-17-9-7(13)3-4-11(10(9)15)6-8(14)12(11)16/h3-4,9-10,15-16H,2,5-6H2,1H3/t9-,10-,11?/m1/s1. The van der Waals surface area contributed by atoms with Gasteiger partial charge in [-0.05, 0) is 18.6 Å². The number of hydroxylamine groups is 2. The third-order valence-electron chi connectivity index (χ3n) is 3.18. The third-order valence-corrected chi connectivity index (χ3v) is 3.18. The number of β-lactam (4-membered cyclic amide) rings is 1. The van der Waals surface area contributed by atoms with E-state index in [2.05, 4.69) is 0 Å². The van der Waals surface area contributed by atoms with Crippen molar-refractivity contribution in [3.05, 3.63) is 12.2 Å². The molecule has 6 nitrogen and oxygen atoms in total. The Morgan fingerprint density at radius 1 is 1.59 bits per heavy atom. The SMILES string of the molecule is CCCO[C@@H]1C(=O)C=CC2(CC(=O)N2O)[C@@H]1O. The topological polar surface area (TPSA) is 87.1 Å². The average molecular weight is 241 g/mol. The number of carbonyl (C=O) groups is 2. The van der Waals surface area contributed by atoms with E-state index in [-0.39, 0.29) is 12.2 Å². The lowest BCUT2D eigenvalue weighted by Crippen LogP contribution is -2.71. The number of aliphatic hydroxyl groups is 1. The minimum absolute atomic E-state index is 0.0135. The first kappa shape index (κ1) is 12.2. The van der Waals surface area contributed by atoms with Crippen molar-refractivity contribution in [1.29, 1.82) is 0 Å². The maximum atomic E-state index is 11.6. The fraction of sp³-hybridized carbons (Fsp3) is 0.636. The summed E-state index contributed by atoms with van der Waals surface area (Å²) in [4.78, 5) is 22.6. The second kappa shape index (κ2) is 4.21. The number of ether oxygens (including phenoxy) is 1. The van der Waals surface area contributed by atoms with Crippen LogP contribution < -0.4 is 0 Å². The zero-order valence-electron chi connectivity index (χ0n) is 9.50. The van der Waals surface area contributed by atoms with Crippen LogP contribution in [0.5, 0.6) is 0 Å². The van der Waals surface area contributed by atoms with E-state index in [1.807, 2.05) is 6.92 Å². The lowest BCUT2D eigenvalue weighted by molar-refractivity contribution is -0.248. The molecule has 94 valence electrons. The van der Waals surface area contributed by atoms with Gasteiger partial charge >= 0.3 is 0 Å². The first-order chi connectivity index (χ1) is 8.03. The van der Waals surface area contributed by atoms with Crippen molar-refractivity contribution in [2.75, 3.05) is 6.61 Å². The molecule has 0 aromatic carbocycles. The molecule has 1 aliphatic carbocycles. The zero-order valence-corrected chi connectivity index (χ0v) is 9.50. The largest absolute Gasteiger partial charge is 0.387 e. The molecule has 0 aromatic heterocycles. The molecule has 2 N–H and O–H groups in total. The predicted octanol–water partition coefficient (Wildman–Crippen LogP) is -0.358. The molecule has 1 saturated heterocycles. The highest BCUT2D eigenvalue weighted by atomic mass is 16.5. The average Bonchev–Trinajstić information content (AvgIpc) is 2.32. The number of carbonyl (C=O) groups excluding carboxylic acids is 2. The number of aliphatic hydroxyl groups excluding tert-OH is 1. The summed E-state index contributed by atoms with van der Waals surface area (Å²) >= 11 is 0. The Kier molecular flexibility index (Phi) is 3.03. The van der Waals surface area contributed by atoms with Gasteiger partial charge in [-0.15, -0.1) is 0 Å². The summed E-state index contributed by atoms with van der Waals surface area (Å²) in [7, 11) is 0. The van der Waals surface area contributed by atoms with E-state index in [1.165, 1.54) is 12.2 Å². The van der Waals surface area contributed by atoms with Crippen LogP contribution in [0.4, 0.5) is 0 Å². The Morgan fingerprint density at radius 2 is 2.29 bits per heavy atom. The van der Waals surface area contributed by atoms with Crippen LogP contribution in [0, 0.1) is 0 Å². The van der Waals surface area contributed by atoms with E-state index in [4.69, 9.17) is 4.74 Å². The molecule has 2 aliphatic rings. The summed E-state index contributed by atoms with van der Waals surface area (Å²) in [6, 6.07) is 0. The summed E-state index contributed by atoms with van der Waals surface area (Å²) in [5.74, 6) is -0.818. The Labute approximate surface area is 98.4 Å². The maximum absolute atomic E-state index is 11.6. The van der Waals surface area contributed by atoms with Gasteiger partial charge in [0.1, 0.15) is 17.7 Å². The third kappa shape index (κ3) is 1.69. The minimum Gasteiger partial charge on any atom is -0.387 e. The highest BCUT2D eigenvalue weighted by Crippen LogP contribution is 2.39. The molecule has 3 atom stereocenters. The molecule has 1 spiro atoms. The van der Waals surface area contributed by atoms with Crippen LogP contribution in [-0.4, -0.2) is 51.4 Å². The van der Waals surface area contributed by atoms with Gasteiger partial charge in [-0.1, -0.05) is 6.92 Å². The molecule has 0 aromatic rings. The Hall–Kier alpha value is -1.24. The van der Waals surface area contributed by atoms with Gasteiger partial charge in [0.05, 0.1) is 6.42 Å². The van der Waals surface area contributed by atoms with Crippen LogP contribution >= 0.6 is 0 Å². The first-order valence-corrected chi connectivity index (χ1v) is 5.57. The van der Waals surface area contributed by atoms with E-state index >= 15 is 0 Å². The monoisotopic (exact) mass is 241 g/mol. The molecule has 1 aliphatic heterocycles. The molecule has 0 radical (unpaired) electrons. The van der Waals surface area contributed by atoms with Gasteiger partial charge in [-0.25, -0.2) is 5.06 Å². The van der Waals surface area contributed by atoms with Gasteiger partial charge in [-0.2, -0.15) is 0 Å². The van der Waals surface area contributed by atoms with Crippen molar-refractivity contribution >= 4 is 11.7 Å². The van der Waals surface area contributed by atoms with Gasteiger partial charge in [-0.3, -0.25) is 14.8 Å². The Bertz CT molecular complexity index is 380. The van der Waals surface area contributed by atoms with Gasteiger partial charge < -0.3 is 9.84 Å². The Morgan fingerprint density at radius 3 is 2.82 bits per heavy atom. The van der Waals surface area contributed by atoms with Gasteiger partial charge in [0.15, 0.2) is 5.78 Å². The highest BCUT2D eigenvalue weighted by Gasteiger charge is 2.59. The highest BCUT2D eigenvalue weighted by molar-refractivity contribution is 5.97. The summed E-state index contributed by atoms with van der Waals surface area (Å²) in [6.07, 6.45) is 1.09. The maximum Gasteiger partial charge on any atom is 0.249 e. The van der Waals surface area contributed by atoms with Gasteiger partial charge in [0.25, 0.3) is 0 Å². The molecule has 0 bridgehead atoms. The molecular formula is C11H15NO5. The summed E-state index contributed by atoms with van der Waals surface area (Å²) in [5, 5.41) is 20.0. The molecule has 17 heavy (non-hydrogen) atoms. The van der Waals surface area contributed by atoms with E-state index < -0.39 is 23.7 Å². The molecule has 2 rings (SSSR count). The number of ketones is 1. The normalized spacial score (nSPS) is 36.5. The second-order valence-electron chi connectivity index (χ2n) is 4.35. The summed E-state index contributed by atoms with van der Waals surface area (Å²) in [6.45, 7) is 2.23. The lowest BCUT2D eigenvalue weighted by Gasteiger charge is -2.51. The van der Waals surface area contributed by atoms with Crippen molar-refractivity contribution in [3.63, 3.8) is 0 Å². The fourth-order valence-electron chi connectivity index (χ4n) is 2.15. The van der Waals surface area contributed by atoms with Crippen LogP contribution in [-0.2, 0) is 14.3 Å². The molecule has 1 heterocycles. The first-order valence-electron chi connectivity index (χ1n) is 5.57. The van der Waals surface area contributed by atoms with Crippen molar-refractivity contribution in [1.82, 2.24) is 5.06 Å². The zero-order chi connectivity index (χ0) is 12.6. The van der Waals surface area contributed by atoms with Crippen LogP contribution in [0.3, 0.4) is 0 Å². The number of hydrogen-bond donors (Lipinski definition) is 2. The summed E-state index contributed by atoms with van der Waals surface area (Å²) in [5.41, 5.74) is -1.19. The Balaban J connectivity index is 2.19. The summed E-state index contributed by atoms with van der Waals surface area (Å²) < 4.78 is 5.27. The molecular weight excluding hydrogens is 226 g/mol. The van der Waals surface area contributed by atoms with Crippen LogP contribution in [0.2, 0.25) is 0 Å². The van der Waals surface area contributed by atoms with Crippen molar-refractivity contribution in [3.8, 4) is 0 Å². The van der Waals surface area contributed by atoms with Crippen LogP contribution in [0.1, 0.15) is 19.8 Å². The van der Waals surface area contributed by atoms with Crippen molar-refractivity contribution in [2.45, 2.75) is 37.5 Å². The number of amides is 1. The van der Waals surface area contributed by atoms with Crippen LogP contribution in [0.25, 0.3) is 0 Å². The van der Waals surface area contributed by atoms with Crippen LogP contribution in [0.15, 0.2) is 12.2 Å². The molecule has 0 saturated carbocycles. The fourth-order valence-corrected chi connectivity index (χ4v) is 2.15. The number of nitrogens with zero attached hydrogens (tertiary/aromatic N) is 1. The van der Waals surface area contributed by atoms with Crippen molar-refractivity contribution < 1.29 is 24.6 Å². The van der Waals surface area contributed by atoms with E-state index in [9.17, 15) is 19.9 Å². The predicted molar refractivity (Wildman–Crippen MR) is 56.2 cm³/mol. The van der Waals surface area contributed by atoms with Crippen molar-refractivity contribution in [2.24, 2.45) is 0 Å². The smallest absolute Gasteiger partial charge is 0.249 e. The quantitative estimate of drug-likeness (QED) is 0.520. The molecule has 1 amide bonds. The molecule has 1 fully saturated rings. The molecule has 6 heteroatoms. The van der Waals surface area contributed by atoms with E-state index in [0.29, 0.717) is 11.7 Å². The van der Waals surface area contributed by atoms with Gasteiger partial charge in [0, 0.05) is 6.61 Å². The van der Waals surface area contributed by atoms with E-state index in [1.54, 1.807) is 0 Å². The van der Waals surface area contributed by atoms with Gasteiger partial charge in [0.2, 0.25) is 5.91 Å². The van der Waals surface area contributed by atoms with E-state index in [0.717, 1.165) is 6.42 Å².